The Morgan fingerprint density at radius 2 is 1.95 bits per heavy atom. The predicted molar refractivity (Wildman–Crippen MR) is 80.3 cm³/mol. The van der Waals surface area contributed by atoms with E-state index in [-0.39, 0.29) is 12.5 Å². The molecule has 2 aliphatic rings. The van der Waals surface area contributed by atoms with Gasteiger partial charge in [-0.3, -0.25) is 9.69 Å². The van der Waals surface area contributed by atoms with Crippen LogP contribution in [0.25, 0.3) is 0 Å². The quantitative estimate of drug-likeness (QED) is 0.825. The first-order valence-corrected chi connectivity index (χ1v) is 7.95. The molecule has 2 amide bonds. The number of piperazine rings is 1. The summed E-state index contributed by atoms with van der Waals surface area (Å²) in [6.07, 6.45) is 4.58. The molecule has 0 aromatic carbocycles. The minimum Gasteiger partial charge on any atom is -0.481 e. The highest BCUT2D eigenvalue weighted by atomic mass is 16.4. The fourth-order valence-electron chi connectivity index (χ4n) is 3.56. The zero-order chi connectivity index (χ0) is 15.5. The van der Waals surface area contributed by atoms with Crippen molar-refractivity contribution in [2.75, 3.05) is 26.7 Å². The van der Waals surface area contributed by atoms with Gasteiger partial charge in [0.2, 0.25) is 0 Å². The largest absolute Gasteiger partial charge is 0.481 e. The van der Waals surface area contributed by atoms with E-state index in [1.54, 1.807) is 0 Å². The van der Waals surface area contributed by atoms with Crippen molar-refractivity contribution < 1.29 is 14.7 Å². The van der Waals surface area contributed by atoms with Crippen molar-refractivity contribution in [1.82, 2.24) is 15.1 Å². The number of aliphatic carboxylic acids is 1. The summed E-state index contributed by atoms with van der Waals surface area (Å²) in [6, 6.07) is 0.299. The van der Waals surface area contributed by atoms with Crippen molar-refractivity contribution in [3.63, 3.8) is 0 Å². The Morgan fingerprint density at radius 1 is 1.29 bits per heavy atom. The number of amides is 2. The van der Waals surface area contributed by atoms with E-state index in [9.17, 15) is 9.59 Å². The topological polar surface area (TPSA) is 72.9 Å². The average Bonchev–Trinajstić information content (AvgIpc) is 2.86. The van der Waals surface area contributed by atoms with Crippen LogP contribution in [0.3, 0.4) is 0 Å². The molecule has 1 atom stereocenters. The van der Waals surface area contributed by atoms with E-state index < -0.39 is 11.5 Å². The lowest BCUT2D eigenvalue weighted by atomic mass is 9.93. The molecule has 6 nitrogen and oxygen atoms in total. The third kappa shape index (κ3) is 3.87. The molecule has 120 valence electrons. The Kier molecular flexibility index (Phi) is 5.08. The Balaban J connectivity index is 1.97. The van der Waals surface area contributed by atoms with Gasteiger partial charge in [0.1, 0.15) is 0 Å². The molecule has 2 rings (SSSR count). The highest BCUT2D eigenvalue weighted by molar-refractivity contribution is 5.77. The molecule has 0 aromatic heterocycles. The molecule has 2 fully saturated rings. The molecule has 0 radical (unpaired) electrons. The standard InChI is InChI=1S/C15H27N3O3/c1-3-12-11-18(9-8-17(12)2)14(21)16-15(10-13(19)20)6-4-5-7-15/h12H,3-11H2,1-2H3,(H,16,21)(H,19,20). The zero-order valence-corrected chi connectivity index (χ0v) is 13.1. The molecular weight excluding hydrogens is 270 g/mol. The second-order valence-corrected chi connectivity index (χ2v) is 6.48. The van der Waals surface area contributed by atoms with Crippen molar-refractivity contribution >= 4 is 12.0 Å². The van der Waals surface area contributed by atoms with Gasteiger partial charge in [0.25, 0.3) is 0 Å². The second kappa shape index (κ2) is 6.64. The van der Waals surface area contributed by atoms with Gasteiger partial charge in [0, 0.05) is 25.7 Å². The number of carbonyl (C=O) groups is 2. The lowest BCUT2D eigenvalue weighted by Gasteiger charge is -2.40. The van der Waals surface area contributed by atoms with E-state index in [1.807, 2.05) is 4.90 Å². The van der Waals surface area contributed by atoms with Crippen LogP contribution >= 0.6 is 0 Å². The summed E-state index contributed by atoms with van der Waals surface area (Å²) in [5.41, 5.74) is -0.534. The van der Waals surface area contributed by atoms with Crippen molar-refractivity contribution in [2.24, 2.45) is 0 Å². The number of carboxylic acid groups (broad SMARTS) is 1. The number of carbonyl (C=O) groups excluding carboxylic acids is 1. The molecule has 1 aliphatic carbocycles. The van der Waals surface area contributed by atoms with Crippen LogP contribution in [0, 0.1) is 0 Å². The molecule has 21 heavy (non-hydrogen) atoms. The fraction of sp³-hybridized carbons (Fsp3) is 0.867. The third-order valence-electron chi connectivity index (χ3n) is 4.96. The Hall–Kier alpha value is -1.30. The van der Waals surface area contributed by atoms with Gasteiger partial charge >= 0.3 is 12.0 Å². The van der Waals surface area contributed by atoms with Gasteiger partial charge in [-0.1, -0.05) is 19.8 Å². The highest BCUT2D eigenvalue weighted by Crippen LogP contribution is 2.33. The first-order chi connectivity index (χ1) is 9.96. The zero-order valence-electron chi connectivity index (χ0n) is 13.1. The van der Waals surface area contributed by atoms with Crippen molar-refractivity contribution in [3.05, 3.63) is 0 Å². The van der Waals surface area contributed by atoms with Gasteiger partial charge in [-0.2, -0.15) is 0 Å². The third-order valence-corrected chi connectivity index (χ3v) is 4.96. The number of hydrogen-bond acceptors (Lipinski definition) is 3. The smallest absolute Gasteiger partial charge is 0.317 e. The minimum atomic E-state index is -0.831. The number of likely N-dealkylation sites (N-methyl/N-ethyl adjacent to an activating group) is 1. The SMILES string of the molecule is CCC1CN(C(=O)NC2(CC(=O)O)CCCC2)CCN1C. The van der Waals surface area contributed by atoms with E-state index in [0.717, 1.165) is 45.2 Å². The molecule has 1 saturated heterocycles. The van der Waals surface area contributed by atoms with Crippen molar-refractivity contribution in [1.29, 1.82) is 0 Å². The van der Waals surface area contributed by atoms with Crippen LogP contribution in [-0.4, -0.2) is 65.2 Å². The molecule has 6 heteroatoms. The number of nitrogens with zero attached hydrogens (tertiary/aromatic N) is 2. The molecule has 2 N–H and O–H groups in total. The van der Waals surface area contributed by atoms with Crippen LogP contribution in [0.2, 0.25) is 0 Å². The maximum absolute atomic E-state index is 12.5. The van der Waals surface area contributed by atoms with Crippen LogP contribution in [0.1, 0.15) is 45.4 Å². The van der Waals surface area contributed by atoms with Crippen LogP contribution in [0.15, 0.2) is 0 Å². The van der Waals surface area contributed by atoms with E-state index in [2.05, 4.69) is 24.2 Å². The van der Waals surface area contributed by atoms with Gasteiger partial charge in [0.15, 0.2) is 0 Å². The predicted octanol–water partition coefficient (Wildman–Crippen LogP) is 1.51. The molecule has 0 spiro atoms. The number of urea groups is 1. The monoisotopic (exact) mass is 297 g/mol. The number of nitrogens with one attached hydrogen (secondary N) is 1. The van der Waals surface area contributed by atoms with Crippen LogP contribution in [-0.2, 0) is 4.79 Å². The summed E-state index contributed by atoms with van der Waals surface area (Å²) >= 11 is 0. The summed E-state index contributed by atoms with van der Waals surface area (Å²) in [4.78, 5) is 27.7. The summed E-state index contributed by atoms with van der Waals surface area (Å²) in [7, 11) is 2.09. The van der Waals surface area contributed by atoms with Gasteiger partial charge in [-0.25, -0.2) is 4.79 Å². The lowest BCUT2D eigenvalue weighted by molar-refractivity contribution is -0.138. The summed E-state index contributed by atoms with van der Waals surface area (Å²) < 4.78 is 0. The van der Waals surface area contributed by atoms with E-state index in [1.165, 1.54) is 0 Å². The minimum absolute atomic E-state index is 0.0314. The summed E-state index contributed by atoms with van der Waals surface area (Å²) in [6.45, 7) is 4.44. The Bertz CT molecular complexity index is 394. The van der Waals surface area contributed by atoms with Gasteiger partial charge in [0.05, 0.1) is 12.0 Å². The van der Waals surface area contributed by atoms with Gasteiger partial charge in [-0.15, -0.1) is 0 Å². The maximum Gasteiger partial charge on any atom is 0.317 e. The second-order valence-electron chi connectivity index (χ2n) is 6.48. The molecule has 1 heterocycles. The fourth-order valence-corrected chi connectivity index (χ4v) is 3.56. The normalized spacial score (nSPS) is 25.8. The van der Waals surface area contributed by atoms with Crippen molar-refractivity contribution in [2.45, 2.75) is 57.0 Å². The maximum atomic E-state index is 12.5. The number of carboxylic acids is 1. The first kappa shape index (κ1) is 16.1. The van der Waals surface area contributed by atoms with Crippen molar-refractivity contribution in [3.8, 4) is 0 Å². The molecule has 0 aromatic rings. The number of rotatable bonds is 4. The van der Waals surface area contributed by atoms with Crippen LogP contribution < -0.4 is 5.32 Å². The Morgan fingerprint density at radius 3 is 2.52 bits per heavy atom. The molecule has 0 bridgehead atoms. The molecular formula is C15H27N3O3. The molecule has 1 unspecified atom stereocenters. The number of hydrogen-bond donors (Lipinski definition) is 2. The average molecular weight is 297 g/mol. The molecule has 1 saturated carbocycles. The molecule has 1 aliphatic heterocycles. The van der Waals surface area contributed by atoms with E-state index in [4.69, 9.17) is 5.11 Å². The van der Waals surface area contributed by atoms with Gasteiger partial charge in [-0.05, 0) is 26.3 Å². The van der Waals surface area contributed by atoms with Crippen LogP contribution in [0.4, 0.5) is 4.79 Å². The summed E-state index contributed by atoms with van der Waals surface area (Å²) in [5.74, 6) is -0.831. The van der Waals surface area contributed by atoms with E-state index in [0.29, 0.717) is 12.6 Å². The first-order valence-electron chi connectivity index (χ1n) is 7.95. The highest BCUT2D eigenvalue weighted by Gasteiger charge is 2.39. The lowest BCUT2D eigenvalue weighted by Crippen LogP contribution is -2.59. The van der Waals surface area contributed by atoms with E-state index >= 15 is 0 Å². The van der Waals surface area contributed by atoms with Gasteiger partial charge < -0.3 is 15.3 Å². The Labute approximate surface area is 126 Å². The van der Waals surface area contributed by atoms with Crippen LogP contribution in [0.5, 0.6) is 0 Å². The summed E-state index contributed by atoms with van der Waals surface area (Å²) in [5, 5.41) is 12.1.